The van der Waals surface area contributed by atoms with E-state index in [1.54, 1.807) is 18.2 Å². The molecule has 0 fully saturated rings. The highest BCUT2D eigenvalue weighted by Crippen LogP contribution is 2.41. The first-order valence-electron chi connectivity index (χ1n) is 8.97. The monoisotopic (exact) mass is 374 g/mol. The lowest BCUT2D eigenvalue weighted by Crippen LogP contribution is -2.15. The van der Waals surface area contributed by atoms with Crippen LogP contribution in [0, 0.1) is 6.92 Å². The molecule has 1 aliphatic rings. The fourth-order valence-electron chi connectivity index (χ4n) is 3.82. The number of aromatic nitrogens is 2. The average molecular weight is 374 g/mol. The van der Waals surface area contributed by atoms with E-state index in [1.807, 2.05) is 60.9 Å². The third kappa shape index (κ3) is 2.21. The number of nitrogens with zero attached hydrogens (tertiary/aromatic N) is 2. The zero-order chi connectivity index (χ0) is 18.8. The van der Waals surface area contributed by atoms with Crippen molar-refractivity contribution in [3.05, 3.63) is 72.1 Å². The summed E-state index contributed by atoms with van der Waals surface area (Å²) in [4.78, 5) is 5.44. The van der Waals surface area contributed by atoms with E-state index in [4.69, 9.17) is 4.98 Å². The molecule has 134 valence electrons. The largest absolute Gasteiger partial charge is 0.294 e. The fraction of sp³-hybridized carbons (Fsp3) is 0.136. The van der Waals surface area contributed by atoms with Gasteiger partial charge in [-0.2, -0.15) is 0 Å². The first-order chi connectivity index (χ1) is 13.0. The van der Waals surface area contributed by atoms with Gasteiger partial charge in [0.2, 0.25) is 9.84 Å². The van der Waals surface area contributed by atoms with Crippen LogP contribution in [0.15, 0.2) is 70.5 Å². The number of benzene rings is 3. The molecular formula is C22H18N2O2S. The maximum Gasteiger partial charge on any atom is 0.210 e. The summed E-state index contributed by atoms with van der Waals surface area (Å²) in [6.45, 7) is 4.07. The maximum atomic E-state index is 13.4. The number of aryl methyl sites for hydroxylation is 2. The Hall–Kier alpha value is -2.92. The van der Waals surface area contributed by atoms with E-state index in [9.17, 15) is 8.42 Å². The molecule has 0 bridgehead atoms. The molecule has 0 unspecified atom stereocenters. The van der Waals surface area contributed by atoms with Crippen molar-refractivity contribution in [1.82, 2.24) is 9.55 Å². The molecular weight excluding hydrogens is 356 g/mol. The van der Waals surface area contributed by atoms with Crippen LogP contribution >= 0.6 is 0 Å². The van der Waals surface area contributed by atoms with Crippen molar-refractivity contribution in [2.45, 2.75) is 30.1 Å². The highest BCUT2D eigenvalue weighted by molar-refractivity contribution is 7.92. The van der Waals surface area contributed by atoms with E-state index in [-0.39, 0.29) is 0 Å². The quantitative estimate of drug-likeness (QED) is 0.450. The van der Waals surface area contributed by atoms with Gasteiger partial charge in [-0.3, -0.25) is 4.57 Å². The Kier molecular flexibility index (Phi) is 3.34. The zero-order valence-corrected chi connectivity index (χ0v) is 15.9. The molecule has 0 saturated carbocycles. The predicted molar refractivity (Wildman–Crippen MR) is 106 cm³/mol. The van der Waals surface area contributed by atoms with E-state index < -0.39 is 9.84 Å². The number of hydrogen-bond acceptors (Lipinski definition) is 3. The molecule has 0 saturated heterocycles. The number of fused-ring (bicyclic) bond motifs is 2. The minimum atomic E-state index is -3.60. The SMILES string of the molecule is CCc1nc2cc(-c3ccc(C)cc3)cc3c2n1-c1ccccc1S3(=O)=O. The fourth-order valence-corrected chi connectivity index (χ4v) is 5.48. The Balaban J connectivity index is 1.92. The van der Waals surface area contributed by atoms with Gasteiger partial charge in [0.05, 0.1) is 26.5 Å². The summed E-state index contributed by atoms with van der Waals surface area (Å²) in [5, 5.41) is 0. The molecule has 2 heterocycles. The summed E-state index contributed by atoms with van der Waals surface area (Å²) >= 11 is 0. The normalized spacial score (nSPS) is 14.3. The van der Waals surface area contributed by atoms with Crippen molar-refractivity contribution in [1.29, 1.82) is 0 Å². The van der Waals surface area contributed by atoms with Crippen LogP contribution in [0.3, 0.4) is 0 Å². The molecule has 0 amide bonds. The summed E-state index contributed by atoms with van der Waals surface area (Å²) in [6, 6.07) is 19.0. The number of imidazole rings is 1. The molecule has 1 aromatic heterocycles. The highest BCUT2D eigenvalue weighted by atomic mass is 32.2. The van der Waals surface area contributed by atoms with Crippen LogP contribution in [0.5, 0.6) is 0 Å². The van der Waals surface area contributed by atoms with Gasteiger partial charge in [0, 0.05) is 6.42 Å². The van der Waals surface area contributed by atoms with E-state index >= 15 is 0 Å². The van der Waals surface area contributed by atoms with Crippen LogP contribution < -0.4 is 0 Å². The number of para-hydroxylation sites is 1. The topological polar surface area (TPSA) is 52.0 Å². The average Bonchev–Trinajstić information content (AvgIpc) is 3.05. The van der Waals surface area contributed by atoms with Gasteiger partial charge in [0.1, 0.15) is 5.82 Å². The van der Waals surface area contributed by atoms with Gasteiger partial charge in [-0.05, 0) is 42.3 Å². The molecule has 5 heteroatoms. The number of sulfone groups is 1. The van der Waals surface area contributed by atoms with Crippen LogP contribution in [0.25, 0.3) is 27.8 Å². The molecule has 0 radical (unpaired) electrons. The van der Waals surface area contributed by atoms with Crippen LogP contribution in [0.1, 0.15) is 18.3 Å². The Morgan fingerprint density at radius 3 is 2.41 bits per heavy atom. The standard InChI is InChI=1S/C22H18N2O2S/c1-3-21-23-17-12-16(15-10-8-14(2)9-11-15)13-20-22(17)24(21)18-6-4-5-7-19(18)27(20,25)26/h4-13H,3H2,1-2H3. The van der Waals surface area contributed by atoms with Crippen molar-refractivity contribution in [3.63, 3.8) is 0 Å². The summed E-state index contributed by atoms with van der Waals surface area (Å²) < 4.78 is 28.8. The Morgan fingerprint density at radius 2 is 1.67 bits per heavy atom. The number of rotatable bonds is 2. The molecule has 4 nitrogen and oxygen atoms in total. The lowest BCUT2D eigenvalue weighted by Gasteiger charge is -2.21. The Bertz CT molecular complexity index is 1320. The summed E-state index contributed by atoms with van der Waals surface area (Å²) in [7, 11) is -3.60. The van der Waals surface area contributed by atoms with Crippen molar-refractivity contribution >= 4 is 20.9 Å². The Morgan fingerprint density at radius 1 is 0.926 bits per heavy atom. The molecule has 4 aromatic rings. The molecule has 1 aliphatic heterocycles. The van der Waals surface area contributed by atoms with Crippen molar-refractivity contribution in [3.8, 4) is 16.8 Å². The van der Waals surface area contributed by atoms with E-state index in [0.29, 0.717) is 21.0 Å². The van der Waals surface area contributed by atoms with Crippen LogP contribution in [-0.4, -0.2) is 18.0 Å². The lowest BCUT2D eigenvalue weighted by atomic mass is 10.0. The zero-order valence-electron chi connectivity index (χ0n) is 15.1. The van der Waals surface area contributed by atoms with Gasteiger partial charge >= 0.3 is 0 Å². The maximum absolute atomic E-state index is 13.4. The number of hydrogen-bond donors (Lipinski definition) is 0. The predicted octanol–water partition coefficient (Wildman–Crippen LogP) is 4.71. The molecule has 3 aromatic carbocycles. The van der Waals surface area contributed by atoms with Gasteiger partial charge in [0.15, 0.2) is 0 Å². The van der Waals surface area contributed by atoms with Crippen LogP contribution in [-0.2, 0) is 16.3 Å². The lowest BCUT2D eigenvalue weighted by molar-refractivity contribution is 0.594. The Labute approximate surface area is 158 Å². The molecule has 27 heavy (non-hydrogen) atoms. The molecule has 0 N–H and O–H groups in total. The molecule has 5 rings (SSSR count). The van der Waals surface area contributed by atoms with Crippen molar-refractivity contribution in [2.75, 3.05) is 0 Å². The second-order valence-corrected chi connectivity index (χ2v) is 8.78. The third-order valence-electron chi connectivity index (χ3n) is 5.17. The van der Waals surface area contributed by atoms with Gasteiger partial charge in [-0.25, -0.2) is 13.4 Å². The second kappa shape index (κ2) is 5.54. The van der Waals surface area contributed by atoms with Gasteiger partial charge < -0.3 is 0 Å². The summed E-state index contributed by atoms with van der Waals surface area (Å²) in [5.74, 6) is 0.870. The van der Waals surface area contributed by atoms with Gasteiger partial charge in [-0.1, -0.05) is 48.9 Å². The highest BCUT2D eigenvalue weighted by Gasteiger charge is 2.33. The van der Waals surface area contributed by atoms with E-state index in [2.05, 4.69) is 0 Å². The third-order valence-corrected chi connectivity index (χ3v) is 6.99. The molecule has 0 spiro atoms. The smallest absolute Gasteiger partial charge is 0.210 e. The van der Waals surface area contributed by atoms with Gasteiger partial charge in [0.25, 0.3) is 0 Å². The van der Waals surface area contributed by atoms with Crippen molar-refractivity contribution in [2.24, 2.45) is 0 Å². The van der Waals surface area contributed by atoms with E-state index in [0.717, 1.165) is 28.9 Å². The summed E-state index contributed by atoms with van der Waals surface area (Å²) in [5.41, 5.74) is 5.11. The second-order valence-electron chi connectivity index (χ2n) is 6.90. The van der Waals surface area contributed by atoms with Gasteiger partial charge in [-0.15, -0.1) is 0 Å². The molecule has 0 atom stereocenters. The summed E-state index contributed by atoms with van der Waals surface area (Å²) in [6.07, 6.45) is 0.725. The van der Waals surface area contributed by atoms with Crippen LogP contribution in [0.4, 0.5) is 0 Å². The minimum absolute atomic E-state index is 0.335. The van der Waals surface area contributed by atoms with Crippen molar-refractivity contribution < 1.29 is 8.42 Å². The first kappa shape index (κ1) is 16.3. The van der Waals surface area contributed by atoms with E-state index in [1.165, 1.54) is 5.56 Å². The minimum Gasteiger partial charge on any atom is -0.294 e. The first-order valence-corrected chi connectivity index (χ1v) is 10.5. The van der Waals surface area contributed by atoms with Crippen LogP contribution in [0.2, 0.25) is 0 Å². The molecule has 0 aliphatic carbocycles.